The SMILES string of the molecule is Fc1ccc2c(c1)CC1Cc3cc(-c4cccc(-c5cccc6c5oc5ccccc56)c4)ccc3N21. The van der Waals surface area contributed by atoms with Gasteiger partial charge in [0.2, 0.25) is 0 Å². The van der Waals surface area contributed by atoms with E-state index in [2.05, 4.69) is 77.7 Å². The monoisotopic (exact) mass is 467 g/mol. The van der Waals surface area contributed by atoms with Crippen molar-refractivity contribution in [1.29, 1.82) is 0 Å². The fourth-order valence-electron chi connectivity index (χ4n) is 6.24. The molecule has 2 aliphatic rings. The third-order valence-corrected chi connectivity index (χ3v) is 7.83. The van der Waals surface area contributed by atoms with Crippen molar-refractivity contribution in [2.45, 2.75) is 18.9 Å². The maximum absolute atomic E-state index is 13.7. The number of para-hydroxylation sites is 2. The minimum Gasteiger partial charge on any atom is -0.455 e. The van der Waals surface area contributed by atoms with Crippen molar-refractivity contribution < 1.29 is 8.81 Å². The Hall–Kier alpha value is -4.37. The summed E-state index contributed by atoms with van der Waals surface area (Å²) in [5, 5.41) is 2.29. The van der Waals surface area contributed by atoms with E-state index in [0.717, 1.165) is 57.2 Å². The molecular formula is C33H22FNO. The van der Waals surface area contributed by atoms with Crippen LogP contribution in [0.2, 0.25) is 0 Å². The van der Waals surface area contributed by atoms with Crippen molar-refractivity contribution in [3.05, 3.63) is 120 Å². The minimum absolute atomic E-state index is 0.149. The van der Waals surface area contributed by atoms with Crippen molar-refractivity contribution in [3.63, 3.8) is 0 Å². The van der Waals surface area contributed by atoms with Crippen LogP contribution in [0.25, 0.3) is 44.2 Å². The van der Waals surface area contributed by atoms with Gasteiger partial charge in [0.25, 0.3) is 0 Å². The average molecular weight is 468 g/mol. The van der Waals surface area contributed by atoms with E-state index in [-0.39, 0.29) is 5.82 Å². The van der Waals surface area contributed by atoms with Gasteiger partial charge in [0.05, 0.1) is 0 Å². The second-order valence-corrected chi connectivity index (χ2v) is 9.91. The van der Waals surface area contributed by atoms with Crippen molar-refractivity contribution in [3.8, 4) is 22.3 Å². The van der Waals surface area contributed by atoms with Gasteiger partial charge in [-0.15, -0.1) is 0 Å². The van der Waals surface area contributed by atoms with Gasteiger partial charge in [0.1, 0.15) is 17.0 Å². The van der Waals surface area contributed by atoms with Gasteiger partial charge in [-0.1, -0.05) is 60.7 Å². The molecule has 0 aliphatic carbocycles. The van der Waals surface area contributed by atoms with Gasteiger partial charge in [-0.3, -0.25) is 0 Å². The van der Waals surface area contributed by atoms with Crippen molar-refractivity contribution in [1.82, 2.24) is 0 Å². The summed E-state index contributed by atoms with van der Waals surface area (Å²) in [6.07, 6.45) is 1.88. The number of furan rings is 1. The molecule has 0 spiro atoms. The van der Waals surface area contributed by atoms with Crippen LogP contribution in [0.5, 0.6) is 0 Å². The number of anilines is 2. The molecule has 0 fully saturated rings. The molecule has 0 N–H and O–H groups in total. The van der Waals surface area contributed by atoms with E-state index in [9.17, 15) is 4.39 Å². The highest BCUT2D eigenvalue weighted by molar-refractivity contribution is 6.09. The minimum atomic E-state index is -0.149. The predicted octanol–water partition coefficient (Wildman–Crippen LogP) is 8.68. The third kappa shape index (κ3) is 2.83. The number of nitrogens with zero attached hydrogens (tertiary/aromatic N) is 1. The van der Waals surface area contributed by atoms with Crippen LogP contribution in [0, 0.1) is 5.82 Å². The van der Waals surface area contributed by atoms with Crippen LogP contribution in [0.15, 0.2) is 108 Å². The average Bonchev–Trinajstić information content (AvgIpc) is 3.57. The fraction of sp³-hybridized carbons (Fsp3) is 0.0909. The first kappa shape index (κ1) is 19.9. The summed E-state index contributed by atoms with van der Waals surface area (Å²) in [5.41, 5.74) is 11.4. The van der Waals surface area contributed by atoms with Gasteiger partial charge in [-0.25, -0.2) is 4.39 Å². The highest BCUT2D eigenvalue weighted by atomic mass is 19.1. The summed E-state index contributed by atoms with van der Waals surface area (Å²) in [6, 6.07) is 35.7. The van der Waals surface area contributed by atoms with Crippen LogP contribution in [0.1, 0.15) is 11.1 Å². The van der Waals surface area contributed by atoms with Gasteiger partial charge in [0.15, 0.2) is 0 Å². The standard InChI is InChI=1S/C33H22FNO/c34-25-12-14-31-24(17-25)19-26-18-23-16-21(11-13-30(23)35(26)31)20-5-3-6-22(15-20)27-8-4-9-29-28-7-1-2-10-32(28)36-33(27)29/h1-17,26H,18-19H2. The van der Waals surface area contributed by atoms with E-state index in [0.29, 0.717) is 6.04 Å². The molecule has 0 radical (unpaired) electrons. The number of hydrogen-bond donors (Lipinski definition) is 0. The Morgan fingerprint density at radius 3 is 2.28 bits per heavy atom. The molecule has 0 saturated carbocycles. The highest BCUT2D eigenvalue weighted by Crippen LogP contribution is 2.47. The van der Waals surface area contributed by atoms with E-state index >= 15 is 0 Å². The van der Waals surface area contributed by atoms with Crippen LogP contribution in [0.3, 0.4) is 0 Å². The second kappa shape index (κ2) is 7.32. The number of hydrogen-bond acceptors (Lipinski definition) is 2. The lowest BCUT2D eigenvalue weighted by Crippen LogP contribution is -2.22. The predicted molar refractivity (Wildman–Crippen MR) is 144 cm³/mol. The molecule has 5 aromatic carbocycles. The summed E-state index contributed by atoms with van der Waals surface area (Å²) >= 11 is 0. The Balaban J connectivity index is 1.20. The first-order valence-electron chi connectivity index (χ1n) is 12.4. The summed E-state index contributed by atoms with van der Waals surface area (Å²) < 4.78 is 20.0. The Kier molecular flexibility index (Phi) is 4.04. The third-order valence-electron chi connectivity index (χ3n) is 7.83. The lowest BCUT2D eigenvalue weighted by Gasteiger charge is -2.20. The number of halogens is 1. The zero-order chi connectivity index (χ0) is 23.8. The summed E-state index contributed by atoms with van der Waals surface area (Å²) in [6.45, 7) is 0. The Morgan fingerprint density at radius 2 is 1.36 bits per heavy atom. The summed E-state index contributed by atoms with van der Waals surface area (Å²) in [7, 11) is 0. The van der Waals surface area contributed by atoms with Gasteiger partial charge >= 0.3 is 0 Å². The molecule has 1 aromatic heterocycles. The Morgan fingerprint density at radius 1 is 0.639 bits per heavy atom. The van der Waals surface area contributed by atoms with Gasteiger partial charge < -0.3 is 9.32 Å². The zero-order valence-electron chi connectivity index (χ0n) is 19.5. The van der Waals surface area contributed by atoms with Crippen molar-refractivity contribution >= 4 is 33.3 Å². The molecule has 0 amide bonds. The van der Waals surface area contributed by atoms with E-state index < -0.39 is 0 Å². The molecule has 2 aliphatic heterocycles. The molecule has 0 saturated heterocycles. The fourth-order valence-corrected chi connectivity index (χ4v) is 6.24. The van der Waals surface area contributed by atoms with Gasteiger partial charge in [-0.05, 0) is 83.1 Å². The molecule has 172 valence electrons. The maximum Gasteiger partial charge on any atom is 0.143 e. The topological polar surface area (TPSA) is 16.4 Å². The quantitative estimate of drug-likeness (QED) is 0.253. The molecule has 0 bridgehead atoms. The normalized spacial score (nSPS) is 15.9. The molecule has 8 rings (SSSR count). The molecule has 1 atom stereocenters. The molecule has 2 nitrogen and oxygen atoms in total. The van der Waals surface area contributed by atoms with Crippen LogP contribution in [-0.2, 0) is 12.8 Å². The molecule has 6 aromatic rings. The number of rotatable bonds is 2. The van der Waals surface area contributed by atoms with E-state index in [1.165, 1.54) is 22.4 Å². The van der Waals surface area contributed by atoms with Crippen molar-refractivity contribution in [2.24, 2.45) is 0 Å². The van der Waals surface area contributed by atoms with Gasteiger partial charge in [0, 0.05) is 33.8 Å². The Labute approximate surface area is 208 Å². The lowest BCUT2D eigenvalue weighted by atomic mass is 9.95. The van der Waals surface area contributed by atoms with Crippen LogP contribution in [0.4, 0.5) is 15.8 Å². The van der Waals surface area contributed by atoms with Crippen LogP contribution < -0.4 is 4.90 Å². The number of fused-ring (bicyclic) bond motifs is 8. The second-order valence-electron chi connectivity index (χ2n) is 9.91. The first-order valence-corrected chi connectivity index (χ1v) is 12.4. The Bertz CT molecular complexity index is 1830. The van der Waals surface area contributed by atoms with Gasteiger partial charge in [-0.2, -0.15) is 0 Å². The molecule has 1 unspecified atom stereocenters. The molecule has 36 heavy (non-hydrogen) atoms. The highest BCUT2D eigenvalue weighted by Gasteiger charge is 2.37. The summed E-state index contributed by atoms with van der Waals surface area (Å²) in [5.74, 6) is -0.149. The lowest BCUT2D eigenvalue weighted by molar-refractivity contribution is 0.625. The van der Waals surface area contributed by atoms with Crippen molar-refractivity contribution in [2.75, 3.05) is 4.90 Å². The summed E-state index contributed by atoms with van der Waals surface area (Å²) in [4.78, 5) is 2.40. The molecular weight excluding hydrogens is 445 g/mol. The van der Waals surface area contributed by atoms with Crippen LogP contribution >= 0.6 is 0 Å². The van der Waals surface area contributed by atoms with E-state index in [4.69, 9.17) is 4.42 Å². The maximum atomic E-state index is 13.7. The first-order chi connectivity index (χ1) is 17.7. The van der Waals surface area contributed by atoms with Crippen LogP contribution in [-0.4, -0.2) is 6.04 Å². The number of benzene rings is 5. The largest absolute Gasteiger partial charge is 0.455 e. The molecule has 3 heterocycles. The van der Waals surface area contributed by atoms with E-state index in [1.54, 1.807) is 12.1 Å². The smallest absolute Gasteiger partial charge is 0.143 e. The van der Waals surface area contributed by atoms with E-state index in [1.807, 2.05) is 18.2 Å². The zero-order valence-corrected chi connectivity index (χ0v) is 19.5. The molecule has 3 heteroatoms.